The number of amides is 4. The molecular weight excluding hydrogens is 396 g/mol. The first kappa shape index (κ1) is 19.7. The van der Waals surface area contributed by atoms with Crippen LogP contribution in [0.3, 0.4) is 0 Å². The van der Waals surface area contributed by atoms with Crippen LogP contribution >= 0.6 is 0 Å². The zero-order chi connectivity index (χ0) is 21.5. The Kier molecular flexibility index (Phi) is 4.95. The molecule has 2 saturated heterocycles. The molecule has 0 radical (unpaired) electrons. The van der Waals surface area contributed by atoms with Gasteiger partial charge in [-0.1, -0.05) is 6.07 Å². The number of aliphatic imine (C=N–C) groups is 1. The lowest BCUT2D eigenvalue weighted by Crippen LogP contribution is -2.51. The number of aryl methyl sites for hydroxylation is 1. The molecule has 0 bridgehead atoms. The average molecular weight is 422 g/mol. The van der Waals surface area contributed by atoms with E-state index in [0.29, 0.717) is 31.2 Å². The Morgan fingerprint density at radius 2 is 1.94 bits per heavy atom. The minimum atomic E-state index is -0.469. The van der Waals surface area contributed by atoms with Gasteiger partial charge in [-0.05, 0) is 49.3 Å². The van der Waals surface area contributed by atoms with Crippen LogP contribution in [0.4, 0.5) is 10.6 Å². The second kappa shape index (κ2) is 7.79. The van der Waals surface area contributed by atoms with E-state index < -0.39 is 6.03 Å². The number of nitrogens with zero attached hydrogens (tertiary/aromatic N) is 5. The van der Waals surface area contributed by atoms with Gasteiger partial charge in [-0.15, -0.1) is 0 Å². The molecule has 4 aliphatic rings. The summed E-state index contributed by atoms with van der Waals surface area (Å²) in [5.74, 6) is 1.50. The van der Waals surface area contributed by atoms with Gasteiger partial charge in [0.15, 0.2) is 0 Å². The van der Waals surface area contributed by atoms with Gasteiger partial charge >= 0.3 is 6.03 Å². The van der Waals surface area contributed by atoms with Gasteiger partial charge in [0.25, 0.3) is 0 Å². The van der Waals surface area contributed by atoms with Gasteiger partial charge in [0.1, 0.15) is 18.2 Å². The van der Waals surface area contributed by atoms with Gasteiger partial charge < -0.3 is 9.80 Å². The fraction of sp³-hybridized carbons (Fsp3) is 0.500. The first-order chi connectivity index (χ1) is 15.0. The zero-order valence-electron chi connectivity index (χ0n) is 17.6. The lowest BCUT2D eigenvalue weighted by atomic mass is 10.0. The van der Waals surface area contributed by atoms with E-state index >= 15 is 0 Å². The van der Waals surface area contributed by atoms with Crippen LogP contribution in [-0.2, 0) is 9.59 Å². The molecule has 5 rings (SSSR count). The Morgan fingerprint density at radius 3 is 2.52 bits per heavy atom. The lowest BCUT2D eigenvalue weighted by Gasteiger charge is -2.37. The number of carbonyl (C=O) groups excluding carboxylic acids is 3. The normalized spacial score (nSPS) is 23.8. The van der Waals surface area contributed by atoms with E-state index in [2.05, 4.69) is 28.2 Å². The molecule has 3 fully saturated rings. The molecule has 1 atom stereocenters. The van der Waals surface area contributed by atoms with E-state index in [9.17, 15) is 14.4 Å². The zero-order valence-corrected chi connectivity index (χ0v) is 17.6. The van der Waals surface area contributed by atoms with Gasteiger partial charge in [0, 0.05) is 38.6 Å². The van der Waals surface area contributed by atoms with E-state index in [-0.39, 0.29) is 24.3 Å². The number of rotatable bonds is 4. The van der Waals surface area contributed by atoms with Crippen LogP contribution in [0.25, 0.3) is 0 Å². The fourth-order valence-corrected chi connectivity index (χ4v) is 4.42. The van der Waals surface area contributed by atoms with Crippen molar-refractivity contribution >= 4 is 29.9 Å². The molecule has 0 aromatic carbocycles. The SMILES string of the molecule is Cc1cc(C2CC2)cnc1N1CCN(C(=O)C2C=NC(N3CC(=O)NC3=O)=CC2)CC1. The predicted octanol–water partition coefficient (Wildman–Crippen LogP) is 1.40. The smallest absolute Gasteiger partial charge is 0.330 e. The minimum Gasteiger partial charge on any atom is -0.353 e. The number of anilines is 1. The van der Waals surface area contributed by atoms with E-state index in [4.69, 9.17) is 4.98 Å². The standard InChI is InChI=1S/C22H26N6O3/c1-14-10-17(15-2-3-15)12-24-20(14)26-6-8-27(9-7-26)21(30)16-4-5-18(23-11-16)28-13-19(29)25-22(28)31/h5,10-12,15-16H,2-4,6-9,13H2,1H3,(H,25,29,31). The Bertz CT molecular complexity index is 991. The third-order valence-corrected chi connectivity index (χ3v) is 6.34. The maximum absolute atomic E-state index is 13.0. The first-order valence-electron chi connectivity index (χ1n) is 10.9. The van der Waals surface area contributed by atoms with Crippen molar-refractivity contribution in [1.29, 1.82) is 0 Å². The topological polar surface area (TPSA) is 98.2 Å². The highest BCUT2D eigenvalue weighted by molar-refractivity contribution is 6.03. The number of aromatic nitrogens is 1. The Hall–Kier alpha value is -3.23. The lowest BCUT2D eigenvalue weighted by molar-refractivity contribution is -0.133. The van der Waals surface area contributed by atoms with E-state index in [1.807, 2.05) is 11.1 Å². The number of hydrogen-bond donors (Lipinski definition) is 1. The van der Waals surface area contributed by atoms with Crippen molar-refractivity contribution in [2.24, 2.45) is 10.9 Å². The van der Waals surface area contributed by atoms with Crippen molar-refractivity contribution in [1.82, 2.24) is 20.1 Å². The summed E-state index contributed by atoms with van der Waals surface area (Å²) in [4.78, 5) is 50.5. The van der Waals surface area contributed by atoms with Crippen molar-refractivity contribution in [3.63, 3.8) is 0 Å². The summed E-state index contributed by atoms with van der Waals surface area (Å²) in [5.41, 5.74) is 2.54. The number of hydrogen-bond acceptors (Lipinski definition) is 6. The summed E-state index contributed by atoms with van der Waals surface area (Å²) >= 11 is 0. The number of carbonyl (C=O) groups is 3. The Labute approximate surface area is 180 Å². The number of piperazine rings is 1. The van der Waals surface area contributed by atoms with Crippen molar-refractivity contribution in [3.8, 4) is 0 Å². The molecule has 4 heterocycles. The summed E-state index contributed by atoms with van der Waals surface area (Å²) in [5, 5.41) is 2.23. The summed E-state index contributed by atoms with van der Waals surface area (Å²) in [6.07, 6.45) is 8.37. The summed E-state index contributed by atoms with van der Waals surface area (Å²) in [7, 11) is 0. The molecule has 31 heavy (non-hydrogen) atoms. The summed E-state index contributed by atoms with van der Waals surface area (Å²) in [6.45, 7) is 4.88. The third kappa shape index (κ3) is 3.92. The van der Waals surface area contributed by atoms with Gasteiger partial charge in [-0.3, -0.25) is 19.8 Å². The number of nitrogens with one attached hydrogen (secondary N) is 1. The summed E-state index contributed by atoms with van der Waals surface area (Å²) in [6, 6.07) is 1.79. The number of urea groups is 1. The maximum Gasteiger partial charge on any atom is 0.330 e. The number of imide groups is 1. The largest absolute Gasteiger partial charge is 0.353 e. The van der Waals surface area contributed by atoms with Gasteiger partial charge in [-0.25, -0.2) is 14.8 Å². The van der Waals surface area contributed by atoms with Gasteiger partial charge in [0.05, 0.1) is 5.92 Å². The van der Waals surface area contributed by atoms with Crippen LogP contribution < -0.4 is 10.2 Å². The first-order valence-corrected chi connectivity index (χ1v) is 10.9. The Balaban J connectivity index is 1.16. The maximum atomic E-state index is 13.0. The van der Waals surface area contributed by atoms with Crippen LogP contribution in [0.15, 0.2) is 29.2 Å². The number of pyridine rings is 1. The molecule has 1 saturated carbocycles. The van der Waals surface area contributed by atoms with Gasteiger partial charge in [-0.2, -0.15) is 0 Å². The minimum absolute atomic E-state index is 0.0301. The molecule has 162 valence electrons. The molecule has 1 aromatic rings. The second-order valence-electron chi connectivity index (χ2n) is 8.62. The second-order valence-corrected chi connectivity index (χ2v) is 8.62. The highest BCUT2D eigenvalue weighted by atomic mass is 16.2. The quantitative estimate of drug-likeness (QED) is 0.740. The monoisotopic (exact) mass is 422 g/mol. The molecule has 4 amide bonds. The van der Waals surface area contributed by atoms with E-state index in [1.54, 1.807) is 12.3 Å². The molecule has 1 unspecified atom stereocenters. The van der Waals surface area contributed by atoms with Crippen LogP contribution in [0.5, 0.6) is 0 Å². The van der Waals surface area contributed by atoms with Crippen molar-refractivity contribution in [2.75, 3.05) is 37.6 Å². The molecule has 1 N–H and O–H groups in total. The predicted molar refractivity (Wildman–Crippen MR) is 115 cm³/mol. The number of allylic oxidation sites excluding steroid dienone is 1. The highest BCUT2D eigenvalue weighted by Crippen LogP contribution is 2.40. The van der Waals surface area contributed by atoms with Crippen molar-refractivity contribution in [2.45, 2.75) is 32.1 Å². The fourth-order valence-electron chi connectivity index (χ4n) is 4.42. The van der Waals surface area contributed by atoms with E-state index in [1.165, 1.54) is 28.9 Å². The van der Waals surface area contributed by atoms with E-state index in [0.717, 1.165) is 18.9 Å². The molecule has 9 heteroatoms. The third-order valence-electron chi connectivity index (χ3n) is 6.34. The van der Waals surface area contributed by atoms with Crippen LogP contribution in [0, 0.1) is 12.8 Å². The van der Waals surface area contributed by atoms with Gasteiger partial charge in [0.2, 0.25) is 11.8 Å². The molecule has 3 aliphatic heterocycles. The van der Waals surface area contributed by atoms with Crippen molar-refractivity contribution < 1.29 is 14.4 Å². The molecular formula is C22H26N6O3. The molecule has 0 spiro atoms. The van der Waals surface area contributed by atoms with Crippen molar-refractivity contribution in [3.05, 3.63) is 35.3 Å². The highest BCUT2D eigenvalue weighted by Gasteiger charge is 2.33. The average Bonchev–Trinajstić information content (AvgIpc) is 3.57. The van der Waals surface area contributed by atoms with Crippen LogP contribution in [-0.4, -0.2) is 71.6 Å². The molecule has 1 aromatic heterocycles. The van der Waals surface area contributed by atoms with Crippen LogP contribution in [0.2, 0.25) is 0 Å². The molecule has 1 aliphatic carbocycles. The summed E-state index contributed by atoms with van der Waals surface area (Å²) < 4.78 is 0. The van der Waals surface area contributed by atoms with Crippen LogP contribution in [0.1, 0.15) is 36.3 Å². The molecule has 9 nitrogen and oxygen atoms in total. The Morgan fingerprint density at radius 1 is 1.16 bits per heavy atom.